The van der Waals surface area contributed by atoms with Crippen molar-refractivity contribution < 1.29 is 15.0 Å². The number of carbonyl (C=O) groups is 1. The van der Waals surface area contributed by atoms with Gasteiger partial charge in [0.15, 0.2) is 5.78 Å². The molecule has 0 unspecified atom stereocenters. The van der Waals surface area contributed by atoms with Gasteiger partial charge in [0.25, 0.3) is 0 Å². The molecule has 2 saturated carbocycles. The predicted molar refractivity (Wildman–Crippen MR) is 92.9 cm³/mol. The predicted octanol–water partition coefficient (Wildman–Crippen LogP) is 3.57. The van der Waals surface area contributed by atoms with Crippen LogP contribution in [0, 0.1) is 17.8 Å². The summed E-state index contributed by atoms with van der Waals surface area (Å²) in [5.41, 5.74) is 2.04. The molecule has 2 N–H and O–H groups in total. The van der Waals surface area contributed by atoms with Crippen LogP contribution in [-0.2, 0) is 4.79 Å². The van der Waals surface area contributed by atoms with Gasteiger partial charge in [-0.3, -0.25) is 4.79 Å². The van der Waals surface area contributed by atoms with Crippen molar-refractivity contribution in [3.05, 3.63) is 36.0 Å². The number of fused-ring (bicyclic) bond motifs is 1. The summed E-state index contributed by atoms with van der Waals surface area (Å²) in [6, 6.07) is 0. The van der Waals surface area contributed by atoms with Crippen LogP contribution in [0.3, 0.4) is 0 Å². The first-order valence-corrected chi connectivity index (χ1v) is 8.80. The van der Waals surface area contributed by atoms with Crippen LogP contribution >= 0.6 is 0 Å². The van der Waals surface area contributed by atoms with Crippen LogP contribution in [0.5, 0.6) is 0 Å². The fourth-order valence-corrected chi connectivity index (χ4v) is 3.89. The number of hydrogen-bond donors (Lipinski definition) is 2. The third kappa shape index (κ3) is 4.65. The van der Waals surface area contributed by atoms with Gasteiger partial charge in [-0.2, -0.15) is 0 Å². The third-order valence-electron chi connectivity index (χ3n) is 5.18. The zero-order chi connectivity index (χ0) is 17.0. The number of rotatable bonds is 7. The lowest BCUT2D eigenvalue weighted by atomic mass is 9.90. The second-order valence-electron chi connectivity index (χ2n) is 7.34. The number of aliphatic hydroxyl groups excluding tert-OH is 2. The van der Waals surface area contributed by atoms with E-state index in [4.69, 9.17) is 0 Å². The van der Waals surface area contributed by atoms with Crippen LogP contribution in [0.2, 0.25) is 0 Å². The highest BCUT2D eigenvalue weighted by molar-refractivity contribution is 5.99. The molecule has 0 saturated heterocycles. The van der Waals surface area contributed by atoms with Gasteiger partial charge in [0.1, 0.15) is 0 Å². The van der Waals surface area contributed by atoms with Crippen LogP contribution in [0.4, 0.5) is 0 Å². The average molecular weight is 318 g/mol. The molecule has 0 heterocycles. The quantitative estimate of drug-likeness (QED) is 0.428. The van der Waals surface area contributed by atoms with Gasteiger partial charge in [-0.15, -0.1) is 0 Å². The SMILES string of the molecule is C=C1C[C@H]2[C@H](/C=C/[C@@H](O)CCCCC=C(C)C)[C@H](O)C[C@@H]2C1=O. The molecule has 128 valence electrons. The first-order chi connectivity index (χ1) is 10.9. The van der Waals surface area contributed by atoms with Crippen molar-refractivity contribution in [1.82, 2.24) is 0 Å². The fourth-order valence-electron chi connectivity index (χ4n) is 3.89. The van der Waals surface area contributed by atoms with E-state index in [0.29, 0.717) is 18.4 Å². The molecule has 2 aliphatic carbocycles. The minimum atomic E-state index is -0.469. The topological polar surface area (TPSA) is 57.5 Å². The van der Waals surface area contributed by atoms with Gasteiger partial charge < -0.3 is 10.2 Å². The van der Waals surface area contributed by atoms with Crippen LogP contribution < -0.4 is 0 Å². The number of unbranched alkanes of at least 4 members (excludes halogenated alkanes) is 2. The second-order valence-corrected chi connectivity index (χ2v) is 7.34. The molecule has 0 aromatic rings. The van der Waals surface area contributed by atoms with Crippen molar-refractivity contribution in [2.75, 3.05) is 0 Å². The van der Waals surface area contributed by atoms with Crippen molar-refractivity contribution in [3.8, 4) is 0 Å². The van der Waals surface area contributed by atoms with Crippen molar-refractivity contribution >= 4 is 5.78 Å². The van der Waals surface area contributed by atoms with Crippen molar-refractivity contribution in [1.29, 1.82) is 0 Å². The molecule has 3 heteroatoms. The van der Waals surface area contributed by atoms with Gasteiger partial charge in [-0.05, 0) is 57.4 Å². The van der Waals surface area contributed by atoms with Crippen molar-refractivity contribution in [2.24, 2.45) is 17.8 Å². The van der Waals surface area contributed by atoms with Gasteiger partial charge in [0.05, 0.1) is 12.2 Å². The molecule has 2 rings (SSSR count). The summed E-state index contributed by atoms with van der Waals surface area (Å²) in [5, 5.41) is 20.3. The van der Waals surface area contributed by atoms with E-state index in [2.05, 4.69) is 26.5 Å². The lowest BCUT2D eigenvalue weighted by Crippen LogP contribution is -2.17. The monoisotopic (exact) mass is 318 g/mol. The smallest absolute Gasteiger partial charge is 0.161 e. The van der Waals surface area contributed by atoms with E-state index in [1.165, 1.54) is 5.57 Å². The lowest BCUT2D eigenvalue weighted by Gasteiger charge is -2.17. The minimum Gasteiger partial charge on any atom is -0.392 e. The maximum Gasteiger partial charge on any atom is 0.161 e. The Morgan fingerprint density at radius 1 is 1.39 bits per heavy atom. The summed E-state index contributed by atoms with van der Waals surface area (Å²) < 4.78 is 0. The molecule has 0 spiro atoms. The molecule has 23 heavy (non-hydrogen) atoms. The summed E-state index contributed by atoms with van der Waals surface area (Å²) >= 11 is 0. The Hall–Kier alpha value is -1.19. The Morgan fingerprint density at radius 2 is 2.13 bits per heavy atom. The van der Waals surface area contributed by atoms with Gasteiger partial charge >= 0.3 is 0 Å². The fraction of sp³-hybridized carbons (Fsp3) is 0.650. The first kappa shape index (κ1) is 18.2. The lowest BCUT2D eigenvalue weighted by molar-refractivity contribution is -0.118. The number of ketones is 1. The highest BCUT2D eigenvalue weighted by atomic mass is 16.3. The van der Waals surface area contributed by atoms with Crippen LogP contribution in [0.15, 0.2) is 36.0 Å². The molecule has 0 bridgehead atoms. The maximum atomic E-state index is 12.0. The molecule has 2 aliphatic rings. The average Bonchev–Trinajstić information content (AvgIpc) is 2.93. The summed E-state index contributed by atoms with van der Waals surface area (Å²) in [4.78, 5) is 12.0. The molecule has 0 aliphatic heterocycles. The van der Waals surface area contributed by atoms with E-state index < -0.39 is 12.2 Å². The van der Waals surface area contributed by atoms with Crippen molar-refractivity contribution in [2.45, 2.75) is 64.6 Å². The van der Waals surface area contributed by atoms with E-state index in [-0.39, 0.29) is 23.5 Å². The Labute approximate surface area is 139 Å². The van der Waals surface area contributed by atoms with Crippen LogP contribution in [0.1, 0.15) is 52.4 Å². The molecular weight excluding hydrogens is 288 g/mol. The molecule has 0 amide bonds. The summed E-state index contributed by atoms with van der Waals surface area (Å²) in [7, 11) is 0. The molecule has 0 radical (unpaired) electrons. The number of carbonyl (C=O) groups excluding carboxylic acids is 1. The Bertz CT molecular complexity index is 499. The zero-order valence-electron chi connectivity index (χ0n) is 14.4. The molecule has 0 aromatic carbocycles. The maximum absolute atomic E-state index is 12.0. The second kappa shape index (κ2) is 8.07. The summed E-state index contributed by atoms with van der Waals surface area (Å²) in [6.07, 6.45) is 10.1. The Balaban J connectivity index is 1.79. The van der Waals surface area contributed by atoms with Gasteiger partial charge in [-0.1, -0.05) is 36.8 Å². The standard InChI is InChI=1S/C20H30O3/c1-13(2)7-5-4-6-8-15(21)9-10-16-17-11-14(3)20(23)18(17)12-19(16)22/h7,9-10,15-19,21-22H,3-6,8,11-12H2,1-2H3/b10-9+/t15-,16-,17-,18-,19+/m0/s1. The molecule has 2 fully saturated rings. The van der Waals surface area contributed by atoms with Crippen molar-refractivity contribution in [3.63, 3.8) is 0 Å². The van der Waals surface area contributed by atoms with E-state index in [0.717, 1.165) is 25.7 Å². The highest BCUT2D eigenvalue weighted by Gasteiger charge is 2.49. The Kier molecular flexibility index (Phi) is 6.37. The van der Waals surface area contributed by atoms with Crippen LogP contribution in [0.25, 0.3) is 0 Å². The van der Waals surface area contributed by atoms with Gasteiger partial charge in [0.2, 0.25) is 0 Å². The molecule has 0 aromatic heterocycles. The third-order valence-corrected chi connectivity index (χ3v) is 5.18. The summed E-state index contributed by atoms with van der Waals surface area (Å²) in [6.45, 7) is 8.03. The van der Waals surface area contributed by atoms with E-state index >= 15 is 0 Å². The molecular formula is C20H30O3. The summed E-state index contributed by atoms with van der Waals surface area (Å²) in [5.74, 6) is 0.216. The van der Waals surface area contributed by atoms with Crippen LogP contribution in [-0.4, -0.2) is 28.2 Å². The number of hydrogen-bond acceptors (Lipinski definition) is 3. The van der Waals surface area contributed by atoms with E-state index in [9.17, 15) is 15.0 Å². The Morgan fingerprint density at radius 3 is 2.83 bits per heavy atom. The molecule has 3 nitrogen and oxygen atoms in total. The number of aliphatic hydroxyl groups is 2. The normalized spacial score (nSPS) is 31.7. The highest BCUT2D eigenvalue weighted by Crippen LogP contribution is 2.48. The first-order valence-electron chi connectivity index (χ1n) is 8.80. The van der Waals surface area contributed by atoms with Gasteiger partial charge in [0, 0.05) is 11.8 Å². The number of allylic oxidation sites excluding steroid dienone is 3. The number of Topliss-reactive ketones (excluding diaryl/α,β-unsaturated/α-hetero) is 1. The molecule has 5 atom stereocenters. The zero-order valence-corrected chi connectivity index (χ0v) is 14.4. The van der Waals surface area contributed by atoms with E-state index in [1.54, 1.807) is 0 Å². The van der Waals surface area contributed by atoms with Gasteiger partial charge in [-0.25, -0.2) is 0 Å². The largest absolute Gasteiger partial charge is 0.392 e. The van der Waals surface area contributed by atoms with E-state index in [1.807, 2.05) is 12.2 Å². The minimum absolute atomic E-state index is 0.0245.